The topological polar surface area (TPSA) is 217 Å². The molecule has 0 amide bonds. The van der Waals surface area contributed by atoms with Crippen molar-refractivity contribution in [2.24, 2.45) is 11.8 Å². The normalized spacial score (nSPS) is 37.0. The number of rotatable bonds is 8. The minimum Gasteiger partial charge on any atom is -0.432 e. The first-order valence-corrected chi connectivity index (χ1v) is 16.8. The standard InChI is InChI=1S/C36H40O16/c1-5-33(3)45-25(37)21(26(38)46-33)13-9-7-11-15-23-29(41)49-35(50-30(23)42)17-19-36(20-18-35)51-31(43)24(32(44)52-36)16-12-8-10-14-22-27(39)47-34(4,6-2)48-28(22)40/h7-16,23-24,29,31,41,43H,5-6,17-20H2,1-4H3. The Bertz CT molecular complexity index is 1510. The van der Waals surface area contributed by atoms with Crippen molar-refractivity contribution in [2.45, 2.75) is 102 Å². The summed E-state index contributed by atoms with van der Waals surface area (Å²) < 4.78 is 43.3. The smallest absolute Gasteiger partial charge is 0.348 e. The van der Waals surface area contributed by atoms with E-state index in [1.807, 2.05) is 0 Å². The first-order chi connectivity index (χ1) is 24.5. The Morgan fingerprint density at radius 3 is 1.15 bits per heavy atom. The number of ether oxygens (including phenoxy) is 8. The van der Waals surface area contributed by atoms with E-state index >= 15 is 0 Å². The zero-order valence-electron chi connectivity index (χ0n) is 28.9. The number of carbonyl (C=O) groups excluding carboxylic acids is 6. The van der Waals surface area contributed by atoms with Crippen molar-refractivity contribution in [3.63, 3.8) is 0 Å². The molecule has 5 fully saturated rings. The van der Waals surface area contributed by atoms with Crippen LogP contribution in [0.5, 0.6) is 0 Å². The molecule has 5 aliphatic rings. The molecular formula is C36H40O16. The zero-order chi connectivity index (χ0) is 37.9. The van der Waals surface area contributed by atoms with Crippen molar-refractivity contribution in [1.82, 2.24) is 0 Å². The van der Waals surface area contributed by atoms with Gasteiger partial charge in [-0.2, -0.15) is 0 Å². The van der Waals surface area contributed by atoms with Gasteiger partial charge in [-0.05, 0) is 12.2 Å². The average Bonchev–Trinajstić information content (AvgIpc) is 3.06. The van der Waals surface area contributed by atoms with Crippen LogP contribution < -0.4 is 0 Å². The molecule has 2 N–H and O–H groups in total. The van der Waals surface area contributed by atoms with E-state index < -0.39 is 83.4 Å². The molecule has 2 spiro atoms. The maximum absolute atomic E-state index is 12.9. The van der Waals surface area contributed by atoms with E-state index in [1.165, 1.54) is 74.6 Å². The third-order valence-electron chi connectivity index (χ3n) is 9.18. The molecule has 16 heteroatoms. The number of hydrogen-bond acceptors (Lipinski definition) is 16. The lowest BCUT2D eigenvalue weighted by Gasteiger charge is -2.49. The van der Waals surface area contributed by atoms with E-state index in [2.05, 4.69) is 0 Å². The van der Waals surface area contributed by atoms with E-state index in [0.29, 0.717) is 0 Å². The Balaban J connectivity index is 1.11. The number of esters is 6. The van der Waals surface area contributed by atoms with Crippen LogP contribution in [0.3, 0.4) is 0 Å². The summed E-state index contributed by atoms with van der Waals surface area (Å²) in [5.41, 5.74) is -0.608. The summed E-state index contributed by atoms with van der Waals surface area (Å²) in [7, 11) is 0. The van der Waals surface area contributed by atoms with Crippen LogP contribution in [0.4, 0.5) is 0 Å². The van der Waals surface area contributed by atoms with Gasteiger partial charge in [0, 0.05) is 52.4 Å². The predicted octanol–water partition coefficient (Wildman–Crippen LogP) is 2.50. The van der Waals surface area contributed by atoms with Crippen LogP contribution in [0.1, 0.15) is 66.2 Å². The van der Waals surface area contributed by atoms with Crippen LogP contribution in [0, 0.1) is 11.8 Å². The van der Waals surface area contributed by atoms with Gasteiger partial charge in [-0.25, -0.2) is 19.2 Å². The van der Waals surface area contributed by atoms with Crippen molar-refractivity contribution >= 4 is 35.8 Å². The van der Waals surface area contributed by atoms with Gasteiger partial charge in [0.05, 0.1) is 0 Å². The highest BCUT2D eigenvalue weighted by molar-refractivity contribution is 6.16. The lowest BCUT2D eigenvalue weighted by Crippen LogP contribution is -2.59. The monoisotopic (exact) mass is 728 g/mol. The minimum atomic E-state index is -1.59. The number of allylic oxidation sites excluding steroid dienone is 8. The van der Waals surface area contributed by atoms with E-state index in [0.717, 1.165) is 0 Å². The van der Waals surface area contributed by atoms with Crippen LogP contribution in [0.25, 0.3) is 0 Å². The van der Waals surface area contributed by atoms with Gasteiger partial charge in [0.2, 0.25) is 11.6 Å². The molecule has 5 rings (SSSR count). The minimum absolute atomic E-state index is 0.0246. The predicted molar refractivity (Wildman–Crippen MR) is 172 cm³/mol. The maximum Gasteiger partial charge on any atom is 0.348 e. The molecule has 16 nitrogen and oxygen atoms in total. The molecule has 52 heavy (non-hydrogen) atoms. The summed E-state index contributed by atoms with van der Waals surface area (Å²) in [6.07, 6.45) is 10.7. The Morgan fingerprint density at radius 1 is 0.538 bits per heavy atom. The van der Waals surface area contributed by atoms with E-state index in [1.54, 1.807) is 13.8 Å². The summed E-state index contributed by atoms with van der Waals surface area (Å²) in [5.74, 6) is -12.9. The summed E-state index contributed by atoms with van der Waals surface area (Å²) in [4.78, 5) is 74.5. The number of aliphatic hydroxyl groups is 2. The third kappa shape index (κ3) is 8.25. The van der Waals surface area contributed by atoms with Crippen LogP contribution in [0.15, 0.2) is 71.9 Å². The fourth-order valence-electron chi connectivity index (χ4n) is 5.74. The van der Waals surface area contributed by atoms with E-state index in [-0.39, 0.29) is 49.7 Å². The van der Waals surface area contributed by atoms with Gasteiger partial charge in [0.15, 0.2) is 12.6 Å². The summed E-state index contributed by atoms with van der Waals surface area (Å²) in [6, 6.07) is 0. The molecule has 4 aliphatic heterocycles. The van der Waals surface area contributed by atoms with Crippen LogP contribution >= 0.6 is 0 Å². The van der Waals surface area contributed by atoms with Crippen molar-refractivity contribution < 1.29 is 76.9 Å². The lowest BCUT2D eigenvalue weighted by molar-refractivity contribution is -0.377. The fourth-order valence-corrected chi connectivity index (χ4v) is 5.74. The maximum atomic E-state index is 12.9. The molecule has 0 aromatic heterocycles. The molecule has 1 aliphatic carbocycles. The third-order valence-corrected chi connectivity index (χ3v) is 9.18. The molecule has 0 radical (unpaired) electrons. The second-order valence-electron chi connectivity index (χ2n) is 13.0. The number of carbonyl (C=O) groups is 6. The molecule has 0 aromatic carbocycles. The summed E-state index contributed by atoms with van der Waals surface area (Å²) in [6.45, 7) is 6.37. The fraction of sp³-hybridized carbons (Fsp3) is 0.500. The van der Waals surface area contributed by atoms with Gasteiger partial charge in [-0.15, -0.1) is 0 Å². The average molecular weight is 729 g/mol. The molecule has 0 bridgehead atoms. The largest absolute Gasteiger partial charge is 0.432 e. The van der Waals surface area contributed by atoms with Crippen LogP contribution in [-0.4, -0.2) is 81.8 Å². The van der Waals surface area contributed by atoms with Crippen molar-refractivity contribution in [3.8, 4) is 0 Å². The van der Waals surface area contributed by atoms with Crippen LogP contribution in [-0.2, 0) is 66.7 Å². The van der Waals surface area contributed by atoms with Crippen LogP contribution in [0.2, 0.25) is 0 Å². The SMILES string of the molecule is CCC1(C)OC(=O)C(=CC=CC=CC2C(=O)OC3(CCC4(CC3)OC(=O)C(C=CC=CC=C3C(=O)OC(C)(CC)OC3=O)C(O)O4)OC2O)C(=O)O1. The highest BCUT2D eigenvalue weighted by Crippen LogP contribution is 2.46. The highest BCUT2D eigenvalue weighted by Gasteiger charge is 2.57. The molecular weight excluding hydrogens is 688 g/mol. The molecule has 4 atom stereocenters. The molecule has 4 heterocycles. The van der Waals surface area contributed by atoms with E-state index in [9.17, 15) is 39.0 Å². The van der Waals surface area contributed by atoms with Gasteiger partial charge in [-0.3, -0.25) is 9.59 Å². The van der Waals surface area contributed by atoms with E-state index in [4.69, 9.17) is 37.9 Å². The first kappa shape index (κ1) is 38.3. The Kier molecular flexibility index (Phi) is 11.0. The summed E-state index contributed by atoms with van der Waals surface area (Å²) >= 11 is 0. The molecule has 0 aromatic rings. The number of aliphatic hydroxyl groups excluding tert-OH is 2. The summed E-state index contributed by atoms with van der Waals surface area (Å²) in [5, 5.41) is 21.4. The van der Waals surface area contributed by atoms with Gasteiger partial charge < -0.3 is 48.1 Å². The number of hydrogen-bond donors (Lipinski definition) is 2. The first-order valence-electron chi connectivity index (χ1n) is 16.8. The second-order valence-corrected chi connectivity index (χ2v) is 13.0. The number of cyclic esters (lactones) is 4. The van der Waals surface area contributed by atoms with Gasteiger partial charge in [0.1, 0.15) is 23.0 Å². The Morgan fingerprint density at radius 2 is 0.865 bits per heavy atom. The van der Waals surface area contributed by atoms with Crippen molar-refractivity contribution in [2.75, 3.05) is 0 Å². The Labute approximate surface area is 298 Å². The molecule has 4 saturated heterocycles. The van der Waals surface area contributed by atoms with Gasteiger partial charge in [0.25, 0.3) is 11.6 Å². The lowest BCUT2D eigenvalue weighted by atomic mass is 9.86. The quantitative estimate of drug-likeness (QED) is 0.121. The Hall–Kier alpha value is -4.90. The van der Waals surface area contributed by atoms with Crippen molar-refractivity contribution in [3.05, 3.63) is 71.9 Å². The molecule has 1 saturated carbocycles. The molecule has 4 unspecified atom stereocenters. The van der Waals surface area contributed by atoms with Gasteiger partial charge in [-0.1, -0.05) is 62.5 Å². The highest BCUT2D eigenvalue weighted by atomic mass is 16.8. The zero-order valence-corrected chi connectivity index (χ0v) is 28.9. The molecule has 280 valence electrons. The van der Waals surface area contributed by atoms with Gasteiger partial charge >= 0.3 is 35.8 Å². The second kappa shape index (κ2) is 15.0. The van der Waals surface area contributed by atoms with Crippen molar-refractivity contribution in [1.29, 1.82) is 0 Å².